The number of thioether (sulfide) groups is 1. The van der Waals surface area contributed by atoms with Crippen molar-refractivity contribution in [1.82, 2.24) is 14.8 Å². The number of furan rings is 1. The Morgan fingerprint density at radius 2 is 2.04 bits per heavy atom. The average Bonchev–Trinajstić information content (AvgIpc) is 3.26. The van der Waals surface area contributed by atoms with Crippen molar-refractivity contribution in [3.63, 3.8) is 0 Å². The molecule has 2 aromatic heterocycles. The third kappa shape index (κ3) is 4.45. The third-order valence-corrected chi connectivity index (χ3v) is 5.09. The Hall–Kier alpha value is -3.00. The van der Waals surface area contributed by atoms with E-state index in [1.54, 1.807) is 12.3 Å². The molecule has 0 aliphatic heterocycles. The molecule has 0 fully saturated rings. The summed E-state index contributed by atoms with van der Waals surface area (Å²) in [4.78, 5) is 14.3. The molecule has 0 saturated heterocycles. The monoisotopic (exact) mass is 397 g/mol. The zero-order chi connectivity index (χ0) is 20.1. The second kappa shape index (κ2) is 8.79. The topological polar surface area (TPSA) is 76.2 Å². The molecule has 3 rings (SSSR count). The molecular weight excluding hydrogens is 374 g/mol. The highest BCUT2D eigenvalue weighted by molar-refractivity contribution is 7.99. The number of nitrogens with one attached hydrogen (secondary N) is 1. The maximum atomic E-state index is 12.3. The first-order valence-electron chi connectivity index (χ1n) is 8.78. The highest BCUT2D eigenvalue weighted by Crippen LogP contribution is 2.27. The van der Waals surface area contributed by atoms with E-state index in [2.05, 4.69) is 22.1 Å². The van der Waals surface area contributed by atoms with Gasteiger partial charge in [0.15, 0.2) is 11.0 Å². The fourth-order valence-corrected chi connectivity index (χ4v) is 3.42. The summed E-state index contributed by atoms with van der Waals surface area (Å²) in [6.45, 7) is 6.22. The number of amides is 1. The van der Waals surface area contributed by atoms with Gasteiger partial charge in [-0.3, -0.25) is 9.36 Å². The third-order valence-electron chi connectivity index (χ3n) is 4.13. The number of aryl methyl sites for hydroxylation is 1. The van der Waals surface area contributed by atoms with Gasteiger partial charge in [0.05, 0.1) is 17.6 Å². The quantitative estimate of drug-likeness (QED) is 0.460. The molecule has 0 radical (unpaired) electrons. The molecule has 0 unspecified atom stereocenters. The van der Waals surface area contributed by atoms with Crippen LogP contribution in [0.25, 0.3) is 11.4 Å². The number of carbonyl (C=O) groups is 1. The molecule has 8 heteroatoms. The van der Waals surface area contributed by atoms with E-state index in [-0.39, 0.29) is 11.7 Å². The Labute approximate surface area is 168 Å². The number of benzene rings is 1. The van der Waals surface area contributed by atoms with Crippen LogP contribution in [0, 0.1) is 6.92 Å². The molecule has 3 aromatic rings. The minimum atomic E-state index is -0.100. The van der Waals surface area contributed by atoms with Gasteiger partial charge in [0.1, 0.15) is 5.76 Å². The summed E-state index contributed by atoms with van der Waals surface area (Å²) in [5, 5.41) is 12.1. The van der Waals surface area contributed by atoms with Crippen molar-refractivity contribution in [3.8, 4) is 11.4 Å². The predicted octanol–water partition coefficient (Wildman–Crippen LogP) is 3.83. The molecule has 1 N–H and O–H groups in total. The van der Waals surface area contributed by atoms with E-state index >= 15 is 0 Å². The fourth-order valence-electron chi connectivity index (χ4n) is 2.68. The van der Waals surface area contributed by atoms with Crippen molar-refractivity contribution in [3.05, 3.63) is 55.0 Å². The number of hydrogen-bond acceptors (Lipinski definition) is 6. The van der Waals surface area contributed by atoms with Crippen LogP contribution in [0.3, 0.4) is 0 Å². The van der Waals surface area contributed by atoms with Gasteiger partial charge in [-0.2, -0.15) is 0 Å². The average molecular weight is 398 g/mol. The summed E-state index contributed by atoms with van der Waals surface area (Å²) >= 11 is 1.34. The van der Waals surface area contributed by atoms with Gasteiger partial charge in [-0.25, -0.2) is 0 Å². The molecule has 0 saturated carbocycles. The minimum absolute atomic E-state index is 0.100. The van der Waals surface area contributed by atoms with E-state index in [1.807, 2.05) is 60.8 Å². The first-order valence-corrected chi connectivity index (χ1v) is 9.76. The van der Waals surface area contributed by atoms with Crippen LogP contribution in [0.1, 0.15) is 5.76 Å². The van der Waals surface area contributed by atoms with Crippen LogP contribution in [-0.2, 0) is 11.3 Å². The molecule has 2 heterocycles. The standard InChI is InChI=1S/C20H23N5O2S/c1-5-11-25-19(17-10-12-27-14(17)2)22-23-20(25)28-13-18(26)21-15-6-8-16(9-7-15)24(3)4/h5-10,12H,1,11,13H2,2-4H3,(H,21,26). The van der Waals surface area contributed by atoms with Crippen LogP contribution < -0.4 is 10.2 Å². The van der Waals surface area contributed by atoms with Gasteiger partial charge in [-0.1, -0.05) is 17.8 Å². The number of nitrogens with zero attached hydrogens (tertiary/aromatic N) is 4. The molecule has 0 atom stereocenters. The van der Waals surface area contributed by atoms with Gasteiger partial charge in [-0.05, 0) is 37.3 Å². The van der Waals surface area contributed by atoms with Crippen molar-refractivity contribution >= 4 is 29.0 Å². The lowest BCUT2D eigenvalue weighted by Crippen LogP contribution is -2.15. The first kappa shape index (κ1) is 19.8. The zero-order valence-corrected chi connectivity index (χ0v) is 17.0. The number of aromatic nitrogens is 3. The highest BCUT2D eigenvalue weighted by Gasteiger charge is 2.17. The Morgan fingerprint density at radius 3 is 2.64 bits per heavy atom. The lowest BCUT2D eigenvalue weighted by atomic mass is 10.2. The molecule has 0 bridgehead atoms. The van der Waals surface area contributed by atoms with E-state index in [4.69, 9.17) is 4.42 Å². The summed E-state index contributed by atoms with van der Waals surface area (Å²) in [6.07, 6.45) is 3.40. The molecule has 1 aromatic carbocycles. The number of hydrogen-bond donors (Lipinski definition) is 1. The Morgan fingerprint density at radius 1 is 1.29 bits per heavy atom. The second-order valence-electron chi connectivity index (χ2n) is 6.37. The smallest absolute Gasteiger partial charge is 0.234 e. The SMILES string of the molecule is C=CCn1c(SCC(=O)Nc2ccc(N(C)C)cc2)nnc1-c1ccoc1C. The van der Waals surface area contributed by atoms with Crippen molar-refractivity contribution in [2.24, 2.45) is 0 Å². The van der Waals surface area contributed by atoms with Crippen LogP contribution in [0.2, 0.25) is 0 Å². The summed E-state index contributed by atoms with van der Waals surface area (Å²) in [5.41, 5.74) is 2.72. The van der Waals surface area contributed by atoms with Crippen LogP contribution in [0.15, 0.2) is 58.8 Å². The van der Waals surface area contributed by atoms with Gasteiger partial charge < -0.3 is 14.6 Å². The molecule has 1 amide bonds. The largest absolute Gasteiger partial charge is 0.469 e. The van der Waals surface area contributed by atoms with Crippen molar-refractivity contribution in [1.29, 1.82) is 0 Å². The molecule has 28 heavy (non-hydrogen) atoms. The van der Waals surface area contributed by atoms with Crippen LogP contribution in [0.5, 0.6) is 0 Å². The maximum Gasteiger partial charge on any atom is 0.234 e. The van der Waals surface area contributed by atoms with Gasteiger partial charge >= 0.3 is 0 Å². The summed E-state index contributed by atoms with van der Waals surface area (Å²) in [5.74, 6) is 1.60. The number of anilines is 2. The Balaban J connectivity index is 1.67. The minimum Gasteiger partial charge on any atom is -0.469 e. The first-order chi connectivity index (χ1) is 13.5. The van der Waals surface area contributed by atoms with Gasteiger partial charge in [0.2, 0.25) is 5.91 Å². The normalized spacial score (nSPS) is 10.7. The second-order valence-corrected chi connectivity index (χ2v) is 7.32. The number of rotatable bonds is 8. The lowest BCUT2D eigenvalue weighted by Gasteiger charge is -2.13. The Kier molecular flexibility index (Phi) is 6.20. The van der Waals surface area contributed by atoms with Crippen LogP contribution in [-0.4, -0.2) is 40.5 Å². The van der Waals surface area contributed by atoms with E-state index in [0.29, 0.717) is 17.5 Å². The molecular formula is C20H23N5O2S. The van der Waals surface area contributed by atoms with E-state index in [0.717, 1.165) is 22.7 Å². The summed E-state index contributed by atoms with van der Waals surface area (Å²) in [6, 6.07) is 9.55. The fraction of sp³-hybridized carbons (Fsp3) is 0.250. The van der Waals surface area contributed by atoms with E-state index in [1.165, 1.54) is 11.8 Å². The Bertz CT molecular complexity index is 959. The lowest BCUT2D eigenvalue weighted by molar-refractivity contribution is -0.113. The molecule has 146 valence electrons. The molecule has 0 aliphatic rings. The van der Waals surface area contributed by atoms with Crippen molar-refractivity contribution in [2.45, 2.75) is 18.6 Å². The molecule has 7 nitrogen and oxygen atoms in total. The van der Waals surface area contributed by atoms with Gasteiger partial charge in [-0.15, -0.1) is 16.8 Å². The number of allylic oxidation sites excluding steroid dienone is 1. The van der Waals surface area contributed by atoms with Gasteiger partial charge in [0.25, 0.3) is 0 Å². The van der Waals surface area contributed by atoms with E-state index < -0.39 is 0 Å². The van der Waals surface area contributed by atoms with Gasteiger partial charge in [0, 0.05) is 32.0 Å². The molecule has 0 spiro atoms. The van der Waals surface area contributed by atoms with Crippen LogP contribution in [0.4, 0.5) is 11.4 Å². The highest BCUT2D eigenvalue weighted by atomic mass is 32.2. The van der Waals surface area contributed by atoms with Crippen LogP contribution >= 0.6 is 11.8 Å². The predicted molar refractivity (Wildman–Crippen MR) is 113 cm³/mol. The summed E-state index contributed by atoms with van der Waals surface area (Å²) in [7, 11) is 3.95. The maximum absolute atomic E-state index is 12.3. The summed E-state index contributed by atoms with van der Waals surface area (Å²) < 4.78 is 7.29. The van der Waals surface area contributed by atoms with Crippen molar-refractivity contribution in [2.75, 3.05) is 30.1 Å². The zero-order valence-electron chi connectivity index (χ0n) is 16.2. The number of carbonyl (C=O) groups excluding carboxylic acids is 1. The van der Waals surface area contributed by atoms with Crippen molar-refractivity contribution < 1.29 is 9.21 Å². The molecule has 0 aliphatic carbocycles. The van der Waals surface area contributed by atoms with E-state index in [9.17, 15) is 4.79 Å².